The van der Waals surface area contributed by atoms with Crippen molar-refractivity contribution in [2.45, 2.75) is 12.6 Å². The lowest BCUT2D eigenvalue weighted by molar-refractivity contribution is -0.137. The van der Waals surface area contributed by atoms with Gasteiger partial charge in [-0.05, 0) is 47.9 Å². The predicted octanol–water partition coefficient (Wildman–Crippen LogP) is 3.93. The number of nitrogens with one attached hydrogen (secondary N) is 2. The highest BCUT2D eigenvalue weighted by Crippen LogP contribution is 2.29. The van der Waals surface area contributed by atoms with Gasteiger partial charge < -0.3 is 20.1 Å². The highest BCUT2D eigenvalue weighted by molar-refractivity contribution is 5.99. The Morgan fingerprint density at radius 2 is 1.86 bits per heavy atom. The molecule has 0 saturated carbocycles. The van der Waals surface area contributed by atoms with Crippen LogP contribution >= 0.6 is 0 Å². The lowest BCUT2D eigenvalue weighted by atomic mass is 10.00. The minimum absolute atomic E-state index is 0.131. The molecule has 2 aromatic carbocycles. The lowest BCUT2D eigenvalue weighted by Gasteiger charge is -2.28. The monoisotopic (exact) mass is 498 g/mol. The van der Waals surface area contributed by atoms with Gasteiger partial charge in [0.1, 0.15) is 5.69 Å². The molecule has 0 radical (unpaired) electrons. The van der Waals surface area contributed by atoms with Gasteiger partial charge >= 0.3 is 6.18 Å². The molecule has 1 aromatic heterocycles. The van der Waals surface area contributed by atoms with Gasteiger partial charge in [0, 0.05) is 43.7 Å². The first-order chi connectivity index (χ1) is 17.0. The van der Waals surface area contributed by atoms with E-state index in [1.165, 1.54) is 11.0 Å². The summed E-state index contributed by atoms with van der Waals surface area (Å²) in [5.41, 5.74) is 2.02. The van der Waals surface area contributed by atoms with E-state index < -0.39 is 17.6 Å². The summed E-state index contributed by atoms with van der Waals surface area (Å²) < 4.78 is 38.7. The Balaban J connectivity index is 1.40. The highest BCUT2D eigenvalue weighted by atomic mass is 19.4. The zero-order valence-corrected chi connectivity index (χ0v) is 19.8. The summed E-state index contributed by atoms with van der Waals surface area (Å²) in [4.78, 5) is 43.5. The number of benzene rings is 2. The van der Waals surface area contributed by atoms with Gasteiger partial charge in [0.05, 0.1) is 12.1 Å². The number of hydrogen-bond donors (Lipinski definition) is 2. The molecule has 0 spiro atoms. The Labute approximate surface area is 205 Å². The molecule has 7 nitrogen and oxygen atoms in total. The van der Waals surface area contributed by atoms with Crippen molar-refractivity contribution in [3.05, 3.63) is 77.0 Å². The van der Waals surface area contributed by atoms with Gasteiger partial charge in [0.2, 0.25) is 5.91 Å². The van der Waals surface area contributed by atoms with Crippen molar-refractivity contribution in [2.24, 2.45) is 0 Å². The zero-order valence-electron chi connectivity index (χ0n) is 19.8. The molecule has 36 heavy (non-hydrogen) atoms. The minimum atomic E-state index is -4.56. The summed E-state index contributed by atoms with van der Waals surface area (Å²) in [5, 5.41) is 3.31. The summed E-state index contributed by atoms with van der Waals surface area (Å²) in [6, 6.07) is 11.6. The van der Waals surface area contributed by atoms with Gasteiger partial charge in [-0.1, -0.05) is 24.3 Å². The molecule has 0 aliphatic carbocycles. The normalized spacial score (nSPS) is 13.9. The number of carbonyl (C=O) groups is 3. The first-order valence-electron chi connectivity index (χ1n) is 11.3. The molecule has 1 aliphatic rings. The number of halogens is 3. The molecular formula is C26H25F3N4O3. The topological polar surface area (TPSA) is 85.5 Å². The van der Waals surface area contributed by atoms with Crippen molar-refractivity contribution in [3.8, 4) is 0 Å². The van der Waals surface area contributed by atoms with E-state index in [0.29, 0.717) is 25.2 Å². The molecule has 3 aromatic rings. The molecule has 0 bridgehead atoms. The third-order valence-electron chi connectivity index (χ3n) is 5.99. The maximum atomic E-state index is 12.9. The summed E-state index contributed by atoms with van der Waals surface area (Å²) in [6.45, 7) is 0.468. The molecule has 188 valence electrons. The SMILES string of the molecule is CN(C)C(=O)c1cc2ccc(C3=CCCN(C(=O)CNC(=O)c4cccc(C(F)(F)F)c4)C3)cc2[nH]1. The molecular weight excluding hydrogens is 473 g/mol. The number of hydrogen-bond acceptors (Lipinski definition) is 3. The third kappa shape index (κ3) is 5.42. The van der Waals surface area contributed by atoms with Crippen molar-refractivity contribution in [1.29, 1.82) is 0 Å². The molecule has 2 N–H and O–H groups in total. The highest BCUT2D eigenvalue weighted by Gasteiger charge is 2.31. The van der Waals surface area contributed by atoms with Crippen LogP contribution in [0.2, 0.25) is 0 Å². The number of amides is 3. The maximum Gasteiger partial charge on any atom is 0.416 e. The Kier molecular flexibility index (Phi) is 6.87. The minimum Gasteiger partial charge on any atom is -0.351 e. The van der Waals surface area contributed by atoms with Crippen LogP contribution in [0.5, 0.6) is 0 Å². The van der Waals surface area contributed by atoms with Crippen LogP contribution in [-0.4, -0.2) is 66.2 Å². The maximum absolute atomic E-state index is 12.9. The lowest BCUT2D eigenvalue weighted by Crippen LogP contribution is -2.42. The van der Waals surface area contributed by atoms with Gasteiger partial charge in [0.25, 0.3) is 11.8 Å². The average Bonchev–Trinajstić information content (AvgIpc) is 3.29. The summed E-state index contributed by atoms with van der Waals surface area (Å²) in [6.07, 6.45) is -1.90. The molecule has 0 unspecified atom stereocenters. The Bertz CT molecular complexity index is 1360. The van der Waals surface area contributed by atoms with Gasteiger partial charge in [-0.2, -0.15) is 13.2 Å². The van der Waals surface area contributed by atoms with Crippen LogP contribution in [0.1, 0.15) is 38.4 Å². The van der Waals surface area contributed by atoms with Crippen LogP contribution in [0.15, 0.2) is 54.6 Å². The molecule has 0 saturated heterocycles. The molecule has 0 atom stereocenters. The van der Waals surface area contributed by atoms with Crippen molar-refractivity contribution >= 4 is 34.2 Å². The summed E-state index contributed by atoms with van der Waals surface area (Å²) in [7, 11) is 3.36. The van der Waals surface area contributed by atoms with Gasteiger partial charge in [-0.25, -0.2) is 0 Å². The van der Waals surface area contributed by atoms with E-state index in [1.807, 2.05) is 24.3 Å². The fraction of sp³-hybridized carbons (Fsp3) is 0.269. The second kappa shape index (κ2) is 9.88. The second-order valence-corrected chi connectivity index (χ2v) is 8.78. The predicted molar refractivity (Wildman–Crippen MR) is 129 cm³/mol. The quantitative estimate of drug-likeness (QED) is 0.559. The second-order valence-electron chi connectivity index (χ2n) is 8.78. The van der Waals surface area contributed by atoms with E-state index in [2.05, 4.69) is 10.3 Å². The number of rotatable bonds is 5. The average molecular weight is 499 g/mol. The van der Waals surface area contributed by atoms with Crippen LogP contribution in [0.4, 0.5) is 13.2 Å². The van der Waals surface area contributed by atoms with Crippen LogP contribution in [-0.2, 0) is 11.0 Å². The van der Waals surface area contributed by atoms with E-state index in [4.69, 9.17) is 0 Å². The fourth-order valence-electron chi connectivity index (χ4n) is 4.06. The molecule has 10 heteroatoms. The van der Waals surface area contributed by atoms with Gasteiger partial charge in [-0.3, -0.25) is 14.4 Å². The molecule has 1 aliphatic heterocycles. The Hall–Kier alpha value is -4.08. The molecule has 4 rings (SSSR count). The number of carbonyl (C=O) groups excluding carboxylic acids is 3. The number of alkyl halides is 3. The van der Waals surface area contributed by atoms with E-state index in [9.17, 15) is 27.6 Å². The van der Waals surface area contributed by atoms with Crippen LogP contribution in [0.25, 0.3) is 16.5 Å². The number of aromatic nitrogens is 1. The first-order valence-corrected chi connectivity index (χ1v) is 11.3. The van der Waals surface area contributed by atoms with Crippen molar-refractivity contribution in [2.75, 3.05) is 33.7 Å². The Morgan fingerprint density at radius 3 is 2.58 bits per heavy atom. The van der Waals surface area contributed by atoms with Crippen molar-refractivity contribution in [1.82, 2.24) is 20.1 Å². The summed E-state index contributed by atoms with van der Waals surface area (Å²) >= 11 is 0. The van der Waals surface area contributed by atoms with Crippen molar-refractivity contribution < 1.29 is 27.6 Å². The van der Waals surface area contributed by atoms with Crippen LogP contribution in [0, 0.1) is 0 Å². The van der Waals surface area contributed by atoms with E-state index in [1.54, 1.807) is 25.1 Å². The molecule has 3 amide bonds. The summed E-state index contributed by atoms with van der Waals surface area (Å²) in [5.74, 6) is -1.21. The van der Waals surface area contributed by atoms with Crippen LogP contribution in [0.3, 0.4) is 0 Å². The van der Waals surface area contributed by atoms with E-state index in [0.717, 1.165) is 40.2 Å². The van der Waals surface area contributed by atoms with E-state index in [-0.39, 0.29) is 23.9 Å². The largest absolute Gasteiger partial charge is 0.416 e. The van der Waals surface area contributed by atoms with Gasteiger partial charge in [-0.15, -0.1) is 0 Å². The van der Waals surface area contributed by atoms with E-state index >= 15 is 0 Å². The zero-order chi connectivity index (χ0) is 26.0. The Morgan fingerprint density at radius 1 is 1.08 bits per heavy atom. The number of H-pyrrole nitrogens is 1. The first kappa shape index (κ1) is 25.0. The number of nitrogens with zero attached hydrogens (tertiary/aromatic N) is 2. The molecule has 0 fully saturated rings. The van der Waals surface area contributed by atoms with Crippen molar-refractivity contribution in [3.63, 3.8) is 0 Å². The van der Waals surface area contributed by atoms with Crippen LogP contribution < -0.4 is 5.32 Å². The standard InChI is InChI=1S/C26H25F3N4O3/c1-32(2)25(36)22-13-17-9-8-16(12-21(17)31-22)19-6-4-10-33(15-19)23(34)14-30-24(35)18-5-3-7-20(11-18)26(27,28)29/h3,5-9,11-13,31H,4,10,14-15H2,1-2H3,(H,30,35). The third-order valence-corrected chi connectivity index (χ3v) is 5.99. The number of aromatic amines is 1. The smallest absolute Gasteiger partial charge is 0.351 e. The number of fused-ring (bicyclic) bond motifs is 1. The van der Waals surface area contributed by atoms with Gasteiger partial charge in [0.15, 0.2) is 0 Å². The fourth-order valence-corrected chi connectivity index (χ4v) is 4.06. The molecule has 2 heterocycles.